The largest absolute Gasteiger partial charge is 0.353 e. The first-order valence-electron chi connectivity index (χ1n) is 5.84. The van der Waals surface area contributed by atoms with Gasteiger partial charge in [0.05, 0.1) is 6.04 Å². The molecule has 0 radical (unpaired) electrons. The zero-order valence-corrected chi connectivity index (χ0v) is 10.1. The van der Waals surface area contributed by atoms with Crippen molar-refractivity contribution in [2.75, 3.05) is 6.61 Å². The molecule has 1 aliphatic heterocycles. The minimum atomic E-state index is -0.445. The summed E-state index contributed by atoms with van der Waals surface area (Å²) >= 11 is 0. The fraction of sp³-hybridized carbons (Fsp3) is 0.462. The van der Waals surface area contributed by atoms with Gasteiger partial charge in [0, 0.05) is 6.61 Å². The number of amides is 1. The van der Waals surface area contributed by atoms with Gasteiger partial charge >= 0.3 is 0 Å². The van der Waals surface area contributed by atoms with Gasteiger partial charge in [0.25, 0.3) is 5.91 Å². The number of carbonyl (C=O) groups is 1. The Bertz CT molecular complexity index is 380. The van der Waals surface area contributed by atoms with Gasteiger partial charge in [0.1, 0.15) is 0 Å². The summed E-state index contributed by atoms with van der Waals surface area (Å²) in [6.07, 6.45) is -0.804. The van der Waals surface area contributed by atoms with Crippen molar-refractivity contribution < 1.29 is 14.3 Å². The minimum absolute atomic E-state index is 0.0633. The SMILES string of the molecule is CCO[C@H](C)O[C@H]1C(=O)N[C@H]1c1ccccc1. The molecule has 1 aliphatic rings. The molecule has 1 fully saturated rings. The standard InChI is InChI=1S/C13H17NO3/c1-3-16-9(2)17-12-11(14-13(12)15)10-7-5-4-6-8-10/h4-9,11-12H,3H2,1-2H3,(H,14,15)/t9-,11-,12+/m0/s1. The molecule has 0 aliphatic carbocycles. The molecule has 0 aromatic heterocycles. The number of rotatable bonds is 5. The second-order valence-corrected chi connectivity index (χ2v) is 3.98. The highest BCUT2D eigenvalue weighted by Gasteiger charge is 2.42. The summed E-state index contributed by atoms with van der Waals surface area (Å²) in [6.45, 7) is 4.28. The lowest BCUT2D eigenvalue weighted by molar-refractivity contribution is -0.191. The summed E-state index contributed by atoms with van der Waals surface area (Å²) in [4.78, 5) is 11.5. The minimum Gasteiger partial charge on any atom is -0.353 e. The smallest absolute Gasteiger partial charge is 0.252 e. The third-order valence-electron chi connectivity index (χ3n) is 2.76. The lowest BCUT2D eigenvalue weighted by Crippen LogP contribution is -2.58. The third kappa shape index (κ3) is 2.65. The highest BCUT2D eigenvalue weighted by molar-refractivity contribution is 5.88. The second-order valence-electron chi connectivity index (χ2n) is 3.98. The van der Waals surface area contributed by atoms with Gasteiger partial charge in [-0.15, -0.1) is 0 Å². The fourth-order valence-corrected chi connectivity index (χ4v) is 1.91. The highest BCUT2D eigenvalue weighted by Crippen LogP contribution is 2.27. The Hall–Kier alpha value is -1.39. The maximum atomic E-state index is 11.5. The van der Waals surface area contributed by atoms with Crippen molar-refractivity contribution in [1.82, 2.24) is 5.32 Å². The van der Waals surface area contributed by atoms with Crippen molar-refractivity contribution in [2.24, 2.45) is 0 Å². The molecular formula is C13H17NO3. The Balaban J connectivity index is 1.99. The average Bonchev–Trinajstić information content (AvgIpc) is 2.34. The van der Waals surface area contributed by atoms with Gasteiger partial charge in [-0.2, -0.15) is 0 Å². The van der Waals surface area contributed by atoms with E-state index in [9.17, 15) is 4.79 Å². The molecule has 4 nitrogen and oxygen atoms in total. The number of carbonyl (C=O) groups excluding carboxylic acids is 1. The Morgan fingerprint density at radius 1 is 1.35 bits per heavy atom. The maximum Gasteiger partial charge on any atom is 0.252 e. The van der Waals surface area contributed by atoms with Crippen molar-refractivity contribution in [3.63, 3.8) is 0 Å². The van der Waals surface area contributed by atoms with E-state index in [1.54, 1.807) is 6.92 Å². The monoisotopic (exact) mass is 235 g/mol. The zero-order chi connectivity index (χ0) is 12.3. The van der Waals surface area contributed by atoms with Gasteiger partial charge in [-0.3, -0.25) is 4.79 Å². The van der Waals surface area contributed by atoms with E-state index in [1.807, 2.05) is 37.3 Å². The molecule has 4 heteroatoms. The van der Waals surface area contributed by atoms with Crippen LogP contribution in [0.5, 0.6) is 0 Å². The molecule has 1 heterocycles. The van der Waals surface area contributed by atoms with Crippen LogP contribution in [0.2, 0.25) is 0 Å². The molecule has 0 bridgehead atoms. The van der Waals surface area contributed by atoms with Gasteiger partial charge in [0.15, 0.2) is 12.4 Å². The van der Waals surface area contributed by atoms with Crippen LogP contribution in [0.1, 0.15) is 25.5 Å². The molecule has 1 aromatic rings. The molecule has 92 valence electrons. The van der Waals surface area contributed by atoms with Crippen molar-refractivity contribution in [1.29, 1.82) is 0 Å². The van der Waals surface area contributed by atoms with E-state index in [-0.39, 0.29) is 18.2 Å². The zero-order valence-electron chi connectivity index (χ0n) is 10.1. The fourth-order valence-electron chi connectivity index (χ4n) is 1.91. The summed E-state index contributed by atoms with van der Waals surface area (Å²) in [5.41, 5.74) is 1.06. The number of hydrogen-bond acceptors (Lipinski definition) is 3. The Kier molecular flexibility index (Phi) is 3.76. The van der Waals surface area contributed by atoms with E-state index in [0.29, 0.717) is 6.61 Å². The van der Waals surface area contributed by atoms with E-state index >= 15 is 0 Å². The summed E-state index contributed by atoms with van der Waals surface area (Å²) in [5, 5.41) is 2.84. The van der Waals surface area contributed by atoms with Gasteiger partial charge in [-0.1, -0.05) is 30.3 Å². The predicted molar refractivity (Wildman–Crippen MR) is 63.3 cm³/mol. The molecule has 17 heavy (non-hydrogen) atoms. The molecule has 1 N–H and O–H groups in total. The highest BCUT2D eigenvalue weighted by atomic mass is 16.7. The maximum absolute atomic E-state index is 11.5. The van der Waals surface area contributed by atoms with Crippen LogP contribution in [-0.2, 0) is 14.3 Å². The van der Waals surface area contributed by atoms with E-state index in [2.05, 4.69) is 5.32 Å². The summed E-state index contributed by atoms with van der Waals surface area (Å²) in [5.74, 6) is -0.0783. The van der Waals surface area contributed by atoms with Crippen LogP contribution in [0.4, 0.5) is 0 Å². The van der Waals surface area contributed by atoms with Crippen LogP contribution in [0.15, 0.2) is 30.3 Å². The topological polar surface area (TPSA) is 47.6 Å². The molecule has 1 saturated heterocycles. The first kappa shape index (κ1) is 12.1. The van der Waals surface area contributed by atoms with Crippen molar-refractivity contribution in [3.05, 3.63) is 35.9 Å². The third-order valence-corrected chi connectivity index (χ3v) is 2.76. The van der Waals surface area contributed by atoms with Gasteiger partial charge in [0.2, 0.25) is 0 Å². The van der Waals surface area contributed by atoms with Crippen LogP contribution in [-0.4, -0.2) is 24.9 Å². The Morgan fingerprint density at radius 2 is 2.06 bits per heavy atom. The van der Waals surface area contributed by atoms with E-state index in [0.717, 1.165) is 5.56 Å². The molecule has 0 saturated carbocycles. The first-order valence-corrected chi connectivity index (χ1v) is 5.84. The van der Waals surface area contributed by atoms with Crippen molar-refractivity contribution in [2.45, 2.75) is 32.3 Å². The number of ether oxygens (including phenoxy) is 2. The lowest BCUT2D eigenvalue weighted by atomic mass is 9.94. The van der Waals surface area contributed by atoms with Crippen LogP contribution in [0.3, 0.4) is 0 Å². The van der Waals surface area contributed by atoms with Gasteiger partial charge in [-0.05, 0) is 19.4 Å². The summed E-state index contributed by atoms with van der Waals surface area (Å²) in [7, 11) is 0. The summed E-state index contributed by atoms with van der Waals surface area (Å²) in [6, 6.07) is 9.73. The number of hydrogen-bond donors (Lipinski definition) is 1. The molecule has 1 aromatic carbocycles. The molecule has 0 unspecified atom stereocenters. The number of benzene rings is 1. The van der Waals surface area contributed by atoms with Crippen LogP contribution in [0, 0.1) is 0 Å². The number of β-lactam (4-membered cyclic amide) rings is 1. The van der Waals surface area contributed by atoms with Gasteiger partial charge < -0.3 is 14.8 Å². The Morgan fingerprint density at radius 3 is 2.65 bits per heavy atom. The van der Waals surface area contributed by atoms with E-state index in [1.165, 1.54) is 0 Å². The van der Waals surface area contributed by atoms with E-state index < -0.39 is 6.10 Å². The van der Waals surface area contributed by atoms with Crippen LogP contribution in [0.25, 0.3) is 0 Å². The molecule has 1 amide bonds. The molecular weight excluding hydrogens is 218 g/mol. The van der Waals surface area contributed by atoms with Crippen LogP contribution < -0.4 is 5.32 Å². The van der Waals surface area contributed by atoms with E-state index in [4.69, 9.17) is 9.47 Å². The summed E-state index contributed by atoms with van der Waals surface area (Å²) < 4.78 is 10.9. The molecule has 2 rings (SSSR count). The number of nitrogens with one attached hydrogen (secondary N) is 1. The molecule has 0 spiro atoms. The first-order chi connectivity index (χ1) is 8.22. The quantitative estimate of drug-likeness (QED) is 0.623. The van der Waals surface area contributed by atoms with Crippen molar-refractivity contribution >= 4 is 5.91 Å². The Labute approximate surface area is 101 Å². The van der Waals surface area contributed by atoms with Crippen molar-refractivity contribution in [3.8, 4) is 0 Å². The van der Waals surface area contributed by atoms with Gasteiger partial charge in [-0.25, -0.2) is 0 Å². The average molecular weight is 235 g/mol. The molecule has 3 atom stereocenters. The second kappa shape index (κ2) is 5.29. The van der Waals surface area contributed by atoms with Crippen LogP contribution >= 0.6 is 0 Å². The normalized spacial score (nSPS) is 24.9. The predicted octanol–water partition coefficient (Wildman–Crippen LogP) is 1.63. The lowest BCUT2D eigenvalue weighted by Gasteiger charge is -2.38.